The van der Waals surface area contributed by atoms with Crippen LogP contribution in [0.1, 0.15) is 29.7 Å². The van der Waals surface area contributed by atoms with Gasteiger partial charge in [0.15, 0.2) is 0 Å². The smallest absolute Gasteiger partial charge is 0.0500 e. The number of rotatable bonds is 5. The molecule has 0 aliphatic carbocycles. The first kappa shape index (κ1) is 12.7. The number of hydrogen-bond donors (Lipinski definition) is 2. The minimum Gasteiger partial charge on any atom is -0.271 e. The van der Waals surface area contributed by atoms with Gasteiger partial charge in [0.2, 0.25) is 0 Å². The summed E-state index contributed by atoms with van der Waals surface area (Å²) in [5.41, 5.74) is 6.61. The van der Waals surface area contributed by atoms with Gasteiger partial charge in [-0.25, -0.2) is 0 Å². The fourth-order valence-corrected chi connectivity index (χ4v) is 2.01. The van der Waals surface area contributed by atoms with Crippen molar-refractivity contribution in [3.05, 3.63) is 65.5 Å². The van der Waals surface area contributed by atoms with Gasteiger partial charge in [0.25, 0.3) is 0 Å². The van der Waals surface area contributed by atoms with E-state index in [4.69, 9.17) is 5.84 Å². The lowest BCUT2D eigenvalue weighted by molar-refractivity contribution is 0.551. The molecule has 0 saturated heterocycles. The van der Waals surface area contributed by atoms with Crippen molar-refractivity contribution in [2.24, 2.45) is 5.84 Å². The molecular weight excluding hydrogens is 222 g/mol. The van der Waals surface area contributed by atoms with Crippen LogP contribution in [0, 0.1) is 0 Å². The molecule has 0 radical (unpaired) electrons. The second-order valence-electron chi connectivity index (χ2n) is 4.38. The highest BCUT2D eigenvalue weighted by atomic mass is 15.2. The Balaban J connectivity index is 2.12. The summed E-state index contributed by atoms with van der Waals surface area (Å²) in [6, 6.07) is 12.7. The number of nitrogens with zero attached hydrogens (tertiary/aromatic N) is 1. The number of nitrogens with one attached hydrogen (secondary N) is 1. The van der Waals surface area contributed by atoms with E-state index in [0.29, 0.717) is 0 Å². The Hall–Kier alpha value is -1.71. The van der Waals surface area contributed by atoms with Gasteiger partial charge in [0.1, 0.15) is 0 Å². The van der Waals surface area contributed by atoms with Gasteiger partial charge >= 0.3 is 0 Å². The number of aromatic nitrogens is 1. The second kappa shape index (κ2) is 6.28. The summed E-state index contributed by atoms with van der Waals surface area (Å²) in [7, 11) is 0. The van der Waals surface area contributed by atoms with Gasteiger partial charge in [-0.1, -0.05) is 37.3 Å². The van der Waals surface area contributed by atoms with E-state index in [1.54, 1.807) is 6.20 Å². The van der Waals surface area contributed by atoms with E-state index >= 15 is 0 Å². The van der Waals surface area contributed by atoms with Crippen molar-refractivity contribution in [1.82, 2.24) is 10.4 Å². The van der Waals surface area contributed by atoms with Gasteiger partial charge in [-0.05, 0) is 35.6 Å². The minimum absolute atomic E-state index is 0.125. The highest BCUT2D eigenvalue weighted by Crippen LogP contribution is 2.18. The molecule has 0 fully saturated rings. The van der Waals surface area contributed by atoms with Crippen molar-refractivity contribution in [1.29, 1.82) is 0 Å². The van der Waals surface area contributed by atoms with Crippen LogP contribution in [0.5, 0.6) is 0 Å². The monoisotopic (exact) mass is 241 g/mol. The van der Waals surface area contributed by atoms with Crippen LogP contribution in [0.2, 0.25) is 0 Å². The standard InChI is InChI=1S/C15H19N3/c1-2-12-5-7-14(8-6-12)15(18-16)10-13-4-3-9-17-11-13/h3-9,11,15,18H,2,10,16H2,1H3. The van der Waals surface area contributed by atoms with E-state index in [-0.39, 0.29) is 6.04 Å². The third-order valence-corrected chi connectivity index (χ3v) is 3.15. The number of pyridine rings is 1. The van der Waals surface area contributed by atoms with Crippen LogP contribution in [-0.4, -0.2) is 4.98 Å². The summed E-state index contributed by atoms with van der Waals surface area (Å²) in [4.78, 5) is 4.12. The first-order valence-corrected chi connectivity index (χ1v) is 6.27. The molecule has 1 aromatic carbocycles. The largest absolute Gasteiger partial charge is 0.271 e. The Morgan fingerprint density at radius 2 is 1.94 bits per heavy atom. The van der Waals surface area contributed by atoms with Crippen LogP contribution in [0.4, 0.5) is 0 Å². The molecule has 0 spiro atoms. The maximum atomic E-state index is 5.65. The van der Waals surface area contributed by atoms with E-state index in [0.717, 1.165) is 12.8 Å². The predicted molar refractivity (Wildman–Crippen MR) is 73.8 cm³/mol. The molecule has 1 unspecified atom stereocenters. The van der Waals surface area contributed by atoms with Crippen molar-refractivity contribution in [3.8, 4) is 0 Å². The average molecular weight is 241 g/mol. The van der Waals surface area contributed by atoms with Crippen LogP contribution in [0.15, 0.2) is 48.8 Å². The molecule has 0 amide bonds. The first-order valence-electron chi connectivity index (χ1n) is 6.27. The molecular formula is C15H19N3. The van der Waals surface area contributed by atoms with Crippen molar-refractivity contribution in [3.63, 3.8) is 0 Å². The molecule has 1 aromatic heterocycles. The lowest BCUT2D eigenvalue weighted by Crippen LogP contribution is -2.29. The highest BCUT2D eigenvalue weighted by Gasteiger charge is 2.10. The first-order chi connectivity index (χ1) is 8.83. The Kier molecular flexibility index (Phi) is 4.45. The Morgan fingerprint density at radius 3 is 2.50 bits per heavy atom. The Bertz CT molecular complexity index is 465. The van der Waals surface area contributed by atoms with Crippen molar-refractivity contribution in [2.75, 3.05) is 0 Å². The molecule has 1 heterocycles. The molecule has 3 N–H and O–H groups in total. The molecule has 0 aliphatic rings. The van der Waals surface area contributed by atoms with E-state index in [1.807, 2.05) is 12.3 Å². The lowest BCUT2D eigenvalue weighted by atomic mass is 9.99. The minimum atomic E-state index is 0.125. The fraction of sp³-hybridized carbons (Fsp3) is 0.267. The SMILES string of the molecule is CCc1ccc(C(Cc2cccnc2)NN)cc1. The maximum absolute atomic E-state index is 5.65. The summed E-state index contributed by atoms with van der Waals surface area (Å²) in [6.07, 6.45) is 5.56. The molecule has 2 rings (SSSR count). The second-order valence-corrected chi connectivity index (χ2v) is 4.38. The summed E-state index contributed by atoms with van der Waals surface area (Å²) < 4.78 is 0. The van der Waals surface area contributed by atoms with E-state index in [2.05, 4.69) is 47.7 Å². The van der Waals surface area contributed by atoms with Crippen LogP contribution >= 0.6 is 0 Å². The summed E-state index contributed by atoms with van der Waals surface area (Å²) in [5, 5.41) is 0. The highest BCUT2D eigenvalue weighted by molar-refractivity contribution is 5.26. The number of hydrogen-bond acceptors (Lipinski definition) is 3. The van der Waals surface area contributed by atoms with Gasteiger partial charge in [0.05, 0.1) is 6.04 Å². The molecule has 3 heteroatoms. The van der Waals surface area contributed by atoms with Crippen LogP contribution in [0.3, 0.4) is 0 Å². The lowest BCUT2D eigenvalue weighted by Gasteiger charge is -2.16. The zero-order valence-corrected chi connectivity index (χ0v) is 10.6. The molecule has 3 nitrogen and oxygen atoms in total. The van der Waals surface area contributed by atoms with E-state index in [9.17, 15) is 0 Å². The molecule has 0 bridgehead atoms. The zero-order valence-electron chi connectivity index (χ0n) is 10.6. The maximum Gasteiger partial charge on any atom is 0.0500 e. The predicted octanol–water partition coefficient (Wildman–Crippen LogP) is 2.39. The molecule has 2 aromatic rings. The molecule has 1 atom stereocenters. The third kappa shape index (κ3) is 3.15. The van der Waals surface area contributed by atoms with Gasteiger partial charge in [-0.15, -0.1) is 0 Å². The van der Waals surface area contributed by atoms with Crippen molar-refractivity contribution in [2.45, 2.75) is 25.8 Å². The van der Waals surface area contributed by atoms with Crippen LogP contribution in [0.25, 0.3) is 0 Å². The number of nitrogens with two attached hydrogens (primary N) is 1. The average Bonchev–Trinajstić information content (AvgIpc) is 2.46. The van der Waals surface area contributed by atoms with Crippen molar-refractivity contribution >= 4 is 0 Å². The summed E-state index contributed by atoms with van der Waals surface area (Å²) >= 11 is 0. The van der Waals surface area contributed by atoms with Gasteiger partial charge in [-0.3, -0.25) is 16.3 Å². The zero-order chi connectivity index (χ0) is 12.8. The quantitative estimate of drug-likeness (QED) is 0.624. The van der Waals surface area contributed by atoms with E-state index < -0.39 is 0 Å². The molecule has 0 aliphatic heterocycles. The number of aryl methyl sites for hydroxylation is 1. The van der Waals surface area contributed by atoms with E-state index in [1.165, 1.54) is 16.7 Å². The molecule has 94 valence electrons. The van der Waals surface area contributed by atoms with Gasteiger partial charge < -0.3 is 0 Å². The number of hydrazine groups is 1. The topological polar surface area (TPSA) is 50.9 Å². The summed E-state index contributed by atoms with van der Waals surface area (Å²) in [5.74, 6) is 5.65. The van der Waals surface area contributed by atoms with Gasteiger partial charge in [0, 0.05) is 12.4 Å². The third-order valence-electron chi connectivity index (χ3n) is 3.15. The normalized spacial score (nSPS) is 12.3. The van der Waals surface area contributed by atoms with Crippen LogP contribution in [-0.2, 0) is 12.8 Å². The fourth-order valence-electron chi connectivity index (χ4n) is 2.01. The number of benzene rings is 1. The Morgan fingerprint density at radius 1 is 1.17 bits per heavy atom. The van der Waals surface area contributed by atoms with Crippen molar-refractivity contribution < 1.29 is 0 Å². The molecule has 18 heavy (non-hydrogen) atoms. The molecule has 0 saturated carbocycles. The van der Waals surface area contributed by atoms with Gasteiger partial charge in [-0.2, -0.15) is 0 Å². The van der Waals surface area contributed by atoms with Crippen LogP contribution < -0.4 is 11.3 Å². The summed E-state index contributed by atoms with van der Waals surface area (Å²) in [6.45, 7) is 2.16. The Labute approximate surface area is 108 Å².